The lowest BCUT2D eigenvalue weighted by molar-refractivity contribution is 0.254. The van der Waals surface area contributed by atoms with Crippen molar-refractivity contribution in [2.24, 2.45) is 0 Å². The Morgan fingerprint density at radius 1 is 0.905 bits per heavy atom. The number of hydrogen-bond donors (Lipinski definition) is 3. The highest BCUT2D eigenvalue weighted by atomic mass is 16.2. The van der Waals surface area contributed by atoms with Crippen molar-refractivity contribution < 1.29 is 4.79 Å². The van der Waals surface area contributed by atoms with Crippen LogP contribution in [0.1, 0.15) is 0 Å². The topological polar surface area (TPSA) is 66.1 Å². The van der Waals surface area contributed by atoms with Crippen LogP contribution in [-0.2, 0) is 0 Å². The molecule has 1 heterocycles. The molecule has 0 aliphatic carbocycles. The van der Waals surface area contributed by atoms with E-state index in [-0.39, 0.29) is 6.03 Å². The van der Waals surface area contributed by atoms with Gasteiger partial charge >= 0.3 is 6.03 Å². The van der Waals surface area contributed by atoms with Crippen LogP contribution in [0.3, 0.4) is 0 Å². The number of hydrazine groups is 1. The molecule has 5 nitrogen and oxygen atoms in total. The van der Waals surface area contributed by atoms with Crippen molar-refractivity contribution >= 4 is 28.2 Å². The maximum absolute atomic E-state index is 11.8. The highest BCUT2D eigenvalue weighted by Gasteiger charge is 2.02. The maximum atomic E-state index is 11.8. The smallest absolute Gasteiger partial charge is 0.307 e. The second kappa shape index (κ2) is 5.92. The first-order valence-electron chi connectivity index (χ1n) is 6.53. The fourth-order valence-electron chi connectivity index (χ4n) is 1.97. The molecule has 21 heavy (non-hydrogen) atoms. The highest BCUT2D eigenvalue weighted by molar-refractivity contribution is 5.93. The molecule has 0 saturated carbocycles. The van der Waals surface area contributed by atoms with Gasteiger partial charge in [0.15, 0.2) is 0 Å². The molecule has 3 aromatic rings. The molecule has 0 bridgehead atoms. The molecule has 0 saturated heterocycles. The quantitative estimate of drug-likeness (QED) is 0.643. The third-order valence-corrected chi connectivity index (χ3v) is 2.99. The SMILES string of the molecule is O=C(NNc1ccccc1)Nc1ccc2cnccc2c1. The van der Waals surface area contributed by atoms with E-state index >= 15 is 0 Å². The zero-order valence-corrected chi connectivity index (χ0v) is 11.2. The number of para-hydroxylation sites is 1. The Hall–Kier alpha value is -3.08. The summed E-state index contributed by atoms with van der Waals surface area (Å²) in [6.45, 7) is 0. The summed E-state index contributed by atoms with van der Waals surface area (Å²) < 4.78 is 0. The van der Waals surface area contributed by atoms with Crippen LogP contribution >= 0.6 is 0 Å². The van der Waals surface area contributed by atoms with E-state index in [0.717, 1.165) is 22.1 Å². The van der Waals surface area contributed by atoms with E-state index in [1.807, 2.05) is 54.6 Å². The van der Waals surface area contributed by atoms with Gasteiger partial charge in [-0.25, -0.2) is 4.79 Å². The number of carbonyl (C=O) groups is 1. The lowest BCUT2D eigenvalue weighted by Crippen LogP contribution is -2.33. The van der Waals surface area contributed by atoms with E-state index in [2.05, 4.69) is 21.2 Å². The van der Waals surface area contributed by atoms with Gasteiger partial charge in [0, 0.05) is 23.5 Å². The fourth-order valence-corrected chi connectivity index (χ4v) is 1.97. The molecule has 0 spiro atoms. The minimum absolute atomic E-state index is 0.327. The Balaban J connectivity index is 1.63. The summed E-state index contributed by atoms with van der Waals surface area (Å²) in [5, 5.41) is 4.83. The number of amides is 2. The predicted octanol–water partition coefficient (Wildman–Crippen LogP) is 3.38. The molecule has 2 aromatic carbocycles. The molecule has 0 atom stereocenters. The standard InChI is InChI=1S/C16H14N4O/c21-16(20-19-14-4-2-1-3-5-14)18-15-7-6-13-11-17-9-8-12(13)10-15/h1-11,19H,(H2,18,20,21). The minimum Gasteiger partial charge on any atom is -0.307 e. The number of pyridine rings is 1. The van der Waals surface area contributed by atoms with Gasteiger partial charge in [-0.3, -0.25) is 15.8 Å². The largest absolute Gasteiger partial charge is 0.337 e. The minimum atomic E-state index is -0.327. The Morgan fingerprint density at radius 2 is 1.76 bits per heavy atom. The fraction of sp³-hybridized carbons (Fsp3) is 0. The van der Waals surface area contributed by atoms with Gasteiger partial charge in [-0.15, -0.1) is 0 Å². The summed E-state index contributed by atoms with van der Waals surface area (Å²) in [5.41, 5.74) is 6.95. The third kappa shape index (κ3) is 3.27. The van der Waals surface area contributed by atoms with Crippen LogP contribution in [0.4, 0.5) is 16.2 Å². The van der Waals surface area contributed by atoms with Crippen molar-refractivity contribution in [1.82, 2.24) is 10.4 Å². The van der Waals surface area contributed by atoms with Crippen LogP contribution in [0.15, 0.2) is 67.0 Å². The van der Waals surface area contributed by atoms with Crippen LogP contribution in [0.25, 0.3) is 10.8 Å². The van der Waals surface area contributed by atoms with Gasteiger partial charge < -0.3 is 5.32 Å². The molecule has 3 rings (SSSR count). The molecular weight excluding hydrogens is 264 g/mol. The summed E-state index contributed by atoms with van der Waals surface area (Å²) in [6.07, 6.45) is 3.51. The number of nitrogens with zero attached hydrogens (tertiary/aromatic N) is 1. The number of aromatic nitrogens is 1. The monoisotopic (exact) mass is 278 g/mol. The number of fused-ring (bicyclic) bond motifs is 1. The number of benzene rings is 2. The zero-order valence-electron chi connectivity index (χ0n) is 11.2. The number of hydrogen-bond acceptors (Lipinski definition) is 3. The van der Waals surface area contributed by atoms with Gasteiger partial charge in [-0.05, 0) is 35.7 Å². The number of nitrogens with one attached hydrogen (secondary N) is 3. The first kappa shape index (κ1) is 12.9. The average molecular weight is 278 g/mol. The molecule has 3 N–H and O–H groups in total. The van der Waals surface area contributed by atoms with Gasteiger partial charge in [0.1, 0.15) is 0 Å². The Morgan fingerprint density at radius 3 is 2.62 bits per heavy atom. The maximum Gasteiger partial charge on any atom is 0.337 e. The van der Waals surface area contributed by atoms with Crippen LogP contribution in [0.5, 0.6) is 0 Å². The summed E-state index contributed by atoms with van der Waals surface area (Å²) in [7, 11) is 0. The van der Waals surface area contributed by atoms with Gasteiger partial charge in [0.05, 0.1) is 5.69 Å². The second-order valence-electron chi connectivity index (χ2n) is 4.51. The van der Waals surface area contributed by atoms with Crippen LogP contribution in [0, 0.1) is 0 Å². The summed E-state index contributed by atoms with van der Waals surface area (Å²) in [6, 6.07) is 16.7. The second-order valence-corrected chi connectivity index (χ2v) is 4.51. The molecule has 0 aliphatic heterocycles. The number of rotatable bonds is 3. The Labute approximate surface area is 122 Å². The van der Waals surface area contributed by atoms with Gasteiger partial charge in [-0.2, -0.15) is 0 Å². The van der Waals surface area contributed by atoms with Crippen LogP contribution < -0.4 is 16.2 Å². The van der Waals surface area contributed by atoms with Crippen molar-refractivity contribution in [1.29, 1.82) is 0 Å². The van der Waals surface area contributed by atoms with Crippen molar-refractivity contribution in [3.63, 3.8) is 0 Å². The van der Waals surface area contributed by atoms with E-state index in [0.29, 0.717) is 0 Å². The van der Waals surface area contributed by atoms with Crippen molar-refractivity contribution in [3.8, 4) is 0 Å². The molecule has 0 aliphatic rings. The average Bonchev–Trinajstić information content (AvgIpc) is 2.54. The number of anilines is 2. The normalized spacial score (nSPS) is 10.1. The van der Waals surface area contributed by atoms with Crippen molar-refractivity contribution in [3.05, 3.63) is 67.0 Å². The first-order valence-corrected chi connectivity index (χ1v) is 6.53. The molecule has 0 unspecified atom stereocenters. The van der Waals surface area contributed by atoms with E-state index in [9.17, 15) is 4.79 Å². The molecule has 5 heteroatoms. The summed E-state index contributed by atoms with van der Waals surface area (Å²) in [4.78, 5) is 15.9. The lowest BCUT2D eigenvalue weighted by Gasteiger charge is -2.10. The zero-order chi connectivity index (χ0) is 14.5. The van der Waals surface area contributed by atoms with E-state index in [4.69, 9.17) is 0 Å². The van der Waals surface area contributed by atoms with Gasteiger partial charge in [-0.1, -0.05) is 24.3 Å². The first-order chi connectivity index (χ1) is 10.3. The lowest BCUT2D eigenvalue weighted by atomic mass is 10.1. The van der Waals surface area contributed by atoms with E-state index in [1.54, 1.807) is 12.4 Å². The van der Waals surface area contributed by atoms with Crippen molar-refractivity contribution in [2.75, 3.05) is 10.7 Å². The number of urea groups is 1. The predicted molar refractivity (Wildman–Crippen MR) is 84.0 cm³/mol. The van der Waals surface area contributed by atoms with Crippen molar-refractivity contribution in [2.45, 2.75) is 0 Å². The Bertz CT molecular complexity index is 758. The molecule has 2 amide bonds. The van der Waals surface area contributed by atoms with Crippen LogP contribution in [0.2, 0.25) is 0 Å². The molecule has 1 aromatic heterocycles. The summed E-state index contributed by atoms with van der Waals surface area (Å²) in [5.74, 6) is 0. The molecule has 104 valence electrons. The molecule has 0 fully saturated rings. The van der Waals surface area contributed by atoms with E-state index < -0.39 is 0 Å². The van der Waals surface area contributed by atoms with E-state index in [1.165, 1.54) is 0 Å². The molecule has 0 radical (unpaired) electrons. The highest BCUT2D eigenvalue weighted by Crippen LogP contribution is 2.17. The third-order valence-electron chi connectivity index (χ3n) is 2.99. The summed E-state index contributed by atoms with van der Waals surface area (Å²) >= 11 is 0. The van der Waals surface area contributed by atoms with Crippen LogP contribution in [-0.4, -0.2) is 11.0 Å². The molecular formula is C16H14N4O. The van der Waals surface area contributed by atoms with Gasteiger partial charge in [0.25, 0.3) is 0 Å². The number of carbonyl (C=O) groups excluding carboxylic acids is 1. The Kier molecular flexibility index (Phi) is 3.64. The van der Waals surface area contributed by atoms with Gasteiger partial charge in [0.2, 0.25) is 0 Å².